The molecule has 96 valence electrons. The van der Waals surface area contributed by atoms with Gasteiger partial charge in [0.2, 0.25) is 5.89 Å². The van der Waals surface area contributed by atoms with Crippen LogP contribution >= 0.6 is 0 Å². The van der Waals surface area contributed by atoms with Gasteiger partial charge >= 0.3 is 0 Å². The van der Waals surface area contributed by atoms with Crippen LogP contribution < -0.4 is 5.32 Å². The lowest BCUT2D eigenvalue weighted by molar-refractivity contribution is 0.333. The van der Waals surface area contributed by atoms with Crippen molar-refractivity contribution in [1.82, 2.24) is 25.2 Å². The van der Waals surface area contributed by atoms with Crippen LogP contribution in [0.3, 0.4) is 0 Å². The van der Waals surface area contributed by atoms with Gasteiger partial charge in [-0.05, 0) is 25.8 Å². The first kappa shape index (κ1) is 11.4. The maximum Gasteiger partial charge on any atom is 0.243 e. The third-order valence-corrected chi connectivity index (χ3v) is 3.12. The molecule has 0 saturated heterocycles. The molecule has 2 aromatic heterocycles. The van der Waals surface area contributed by atoms with E-state index in [9.17, 15) is 0 Å². The van der Waals surface area contributed by atoms with Gasteiger partial charge in [-0.2, -0.15) is 10.1 Å². The van der Waals surface area contributed by atoms with E-state index in [0.717, 1.165) is 18.9 Å². The van der Waals surface area contributed by atoms with E-state index >= 15 is 0 Å². The van der Waals surface area contributed by atoms with Crippen LogP contribution in [-0.2, 0) is 6.54 Å². The number of nitrogens with zero attached hydrogens (tertiary/aromatic N) is 4. The van der Waals surface area contributed by atoms with E-state index in [-0.39, 0.29) is 6.04 Å². The zero-order valence-electron chi connectivity index (χ0n) is 10.4. The van der Waals surface area contributed by atoms with Gasteiger partial charge in [-0.15, -0.1) is 0 Å². The molecule has 0 spiro atoms. The fraction of sp³-hybridized carbons (Fsp3) is 0.583. The first-order chi connectivity index (χ1) is 8.83. The van der Waals surface area contributed by atoms with Crippen LogP contribution in [0.1, 0.15) is 43.4 Å². The summed E-state index contributed by atoms with van der Waals surface area (Å²) in [7, 11) is 0. The molecule has 0 bridgehead atoms. The highest BCUT2D eigenvalue weighted by Crippen LogP contribution is 2.38. The monoisotopic (exact) mass is 247 g/mol. The van der Waals surface area contributed by atoms with Crippen molar-refractivity contribution < 1.29 is 4.52 Å². The fourth-order valence-electron chi connectivity index (χ4n) is 1.85. The van der Waals surface area contributed by atoms with Gasteiger partial charge in [0, 0.05) is 24.9 Å². The first-order valence-electron chi connectivity index (χ1n) is 6.37. The topological polar surface area (TPSA) is 68.8 Å². The highest BCUT2D eigenvalue weighted by Gasteiger charge is 2.29. The van der Waals surface area contributed by atoms with Crippen molar-refractivity contribution in [3.8, 4) is 0 Å². The first-order valence-corrected chi connectivity index (χ1v) is 6.37. The standard InChI is InChI=1S/C12H17N5O/c1-9(13-6-8-17-7-2-5-14-17)12-15-11(16-18-12)10-3-4-10/h2,5,7,9-10,13H,3-4,6,8H2,1H3/t9-/m0/s1. The molecule has 1 aliphatic carbocycles. The third-order valence-electron chi connectivity index (χ3n) is 3.12. The summed E-state index contributed by atoms with van der Waals surface area (Å²) < 4.78 is 7.16. The molecule has 18 heavy (non-hydrogen) atoms. The van der Waals surface area contributed by atoms with E-state index in [1.807, 2.05) is 23.9 Å². The summed E-state index contributed by atoms with van der Waals surface area (Å²) in [6, 6.07) is 2.00. The quantitative estimate of drug-likeness (QED) is 0.837. The van der Waals surface area contributed by atoms with Crippen molar-refractivity contribution >= 4 is 0 Å². The lowest BCUT2D eigenvalue weighted by atomic mass is 10.3. The molecule has 0 radical (unpaired) electrons. The van der Waals surface area contributed by atoms with Crippen LogP contribution in [0.5, 0.6) is 0 Å². The second-order valence-electron chi connectivity index (χ2n) is 4.71. The molecular formula is C12H17N5O. The molecule has 1 aliphatic rings. The molecule has 6 nitrogen and oxygen atoms in total. The fourth-order valence-corrected chi connectivity index (χ4v) is 1.85. The molecule has 0 unspecified atom stereocenters. The molecule has 2 heterocycles. The molecule has 6 heteroatoms. The SMILES string of the molecule is C[C@H](NCCn1cccn1)c1nc(C2CC2)no1. The third kappa shape index (κ3) is 2.59. The molecule has 1 N–H and O–H groups in total. The lowest BCUT2D eigenvalue weighted by Gasteiger charge is -2.09. The van der Waals surface area contributed by atoms with Gasteiger partial charge in [0.05, 0.1) is 12.6 Å². The average molecular weight is 247 g/mol. The zero-order valence-corrected chi connectivity index (χ0v) is 10.4. The minimum absolute atomic E-state index is 0.0839. The Kier molecular flexibility index (Phi) is 3.10. The Labute approximate surface area is 105 Å². The average Bonchev–Trinajstić information content (AvgIpc) is 2.92. The Balaban J connectivity index is 1.49. The van der Waals surface area contributed by atoms with Gasteiger partial charge in [0.25, 0.3) is 0 Å². The Morgan fingerprint density at radius 3 is 3.17 bits per heavy atom. The van der Waals surface area contributed by atoms with Crippen LogP contribution in [0, 0.1) is 0 Å². The molecule has 3 rings (SSSR count). The van der Waals surface area contributed by atoms with Gasteiger partial charge < -0.3 is 9.84 Å². The van der Waals surface area contributed by atoms with E-state index in [0.29, 0.717) is 11.8 Å². The molecular weight excluding hydrogens is 230 g/mol. The van der Waals surface area contributed by atoms with Crippen LogP contribution in [0.2, 0.25) is 0 Å². The van der Waals surface area contributed by atoms with Gasteiger partial charge in [0.15, 0.2) is 5.82 Å². The van der Waals surface area contributed by atoms with E-state index in [4.69, 9.17) is 4.52 Å². The number of hydrogen-bond acceptors (Lipinski definition) is 5. The lowest BCUT2D eigenvalue weighted by Crippen LogP contribution is -2.23. The van der Waals surface area contributed by atoms with E-state index < -0.39 is 0 Å². The summed E-state index contributed by atoms with van der Waals surface area (Å²) in [6.07, 6.45) is 6.12. The van der Waals surface area contributed by atoms with Crippen LogP contribution in [0.25, 0.3) is 0 Å². The number of hydrogen-bond donors (Lipinski definition) is 1. The molecule has 1 atom stereocenters. The number of aromatic nitrogens is 4. The molecule has 0 aromatic carbocycles. The Bertz CT molecular complexity index is 488. The molecule has 2 aromatic rings. The Hall–Kier alpha value is -1.69. The molecule has 1 saturated carbocycles. The summed E-state index contributed by atoms with van der Waals surface area (Å²) in [4.78, 5) is 4.43. The summed E-state index contributed by atoms with van der Waals surface area (Å²) in [6.45, 7) is 3.69. The van der Waals surface area contributed by atoms with E-state index in [1.54, 1.807) is 6.20 Å². The second-order valence-corrected chi connectivity index (χ2v) is 4.71. The summed E-state index contributed by atoms with van der Waals surface area (Å²) >= 11 is 0. The smallest absolute Gasteiger partial charge is 0.243 e. The molecule has 1 fully saturated rings. The number of nitrogens with one attached hydrogen (secondary N) is 1. The van der Waals surface area contributed by atoms with Crippen molar-refractivity contribution in [3.05, 3.63) is 30.2 Å². The highest BCUT2D eigenvalue weighted by molar-refractivity contribution is 5.04. The van der Waals surface area contributed by atoms with Crippen molar-refractivity contribution in [1.29, 1.82) is 0 Å². The van der Waals surface area contributed by atoms with Gasteiger partial charge in [0.1, 0.15) is 0 Å². The predicted molar refractivity (Wildman–Crippen MR) is 64.9 cm³/mol. The van der Waals surface area contributed by atoms with Crippen LogP contribution in [-0.4, -0.2) is 26.5 Å². The normalized spacial score (nSPS) is 16.9. The van der Waals surface area contributed by atoms with Crippen molar-refractivity contribution in [3.63, 3.8) is 0 Å². The predicted octanol–water partition coefficient (Wildman–Crippen LogP) is 1.49. The summed E-state index contributed by atoms with van der Waals surface area (Å²) in [5.41, 5.74) is 0. The Morgan fingerprint density at radius 2 is 2.44 bits per heavy atom. The maximum atomic E-state index is 5.27. The minimum Gasteiger partial charge on any atom is -0.338 e. The largest absolute Gasteiger partial charge is 0.338 e. The van der Waals surface area contributed by atoms with E-state index in [2.05, 4.69) is 20.6 Å². The number of rotatable bonds is 6. The second kappa shape index (κ2) is 4.89. The van der Waals surface area contributed by atoms with Gasteiger partial charge in [-0.25, -0.2) is 0 Å². The van der Waals surface area contributed by atoms with Crippen molar-refractivity contribution in [2.45, 2.75) is 38.3 Å². The van der Waals surface area contributed by atoms with Crippen molar-refractivity contribution in [2.24, 2.45) is 0 Å². The van der Waals surface area contributed by atoms with Crippen LogP contribution in [0.15, 0.2) is 23.0 Å². The Morgan fingerprint density at radius 1 is 1.56 bits per heavy atom. The van der Waals surface area contributed by atoms with Crippen LogP contribution in [0.4, 0.5) is 0 Å². The molecule has 0 amide bonds. The summed E-state index contributed by atoms with van der Waals surface area (Å²) in [5, 5.41) is 11.5. The highest BCUT2D eigenvalue weighted by atomic mass is 16.5. The van der Waals surface area contributed by atoms with Crippen molar-refractivity contribution in [2.75, 3.05) is 6.54 Å². The minimum atomic E-state index is 0.0839. The van der Waals surface area contributed by atoms with E-state index in [1.165, 1.54) is 12.8 Å². The maximum absolute atomic E-state index is 5.27. The zero-order chi connectivity index (χ0) is 12.4. The van der Waals surface area contributed by atoms with Gasteiger partial charge in [-0.3, -0.25) is 4.68 Å². The molecule has 0 aliphatic heterocycles. The summed E-state index contributed by atoms with van der Waals surface area (Å²) in [5.74, 6) is 2.09. The van der Waals surface area contributed by atoms with Gasteiger partial charge in [-0.1, -0.05) is 5.16 Å².